The maximum atomic E-state index is 12.6. The number of carbonyl (C=O) groups is 2. The molecule has 3 aromatic carbocycles. The number of carbonyl (C=O) groups excluding carboxylic acids is 2. The van der Waals surface area contributed by atoms with Crippen LogP contribution in [-0.2, 0) is 9.53 Å². The van der Waals surface area contributed by atoms with Crippen molar-refractivity contribution in [3.05, 3.63) is 103 Å². The van der Waals surface area contributed by atoms with Crippen molar-refractivity contribution in [2.45, 2.75) is 13.8 Å². The van der Waals surface area contributed by atoms with Gasteiger partial charge in [-0.2, -0.15) is 0 Å². The molecule has 0 amide bonds. The number of ether oxygens (including phenoxy) is 3. The Morgan fingerprint density at radius 2 is 1.92 bits per heavy atom. The molecule has 0 radical (unpaired) electrons. The van der Waals surface area contributed by atoms with Gasteiger partial charge in [-0.15, -0.1) is 0 Å². The number of nitrogens with zero attached hydrogens (tertiary/aromatic N) is 2. The smallest absolute Gasteiger partial charge is 0.363 e. The summed E-state index contributed by atoms with van der Waals surface area (Å²) in [7, 11) is 0. The molecule has 0 spiro atoms. The van der Waals surface area contributed by atoms with E-state index in [1.54, 1.807) is 37.3 Å². The molecular weight excluding hydrogens is 532 g/mol. The molecule has 182 valence electrons. The van der Waals surface area contributed by atoms with E-state index in [0.717, 1.165) is 5.56 Å². The van der Waals surface area contributed by atoms with E-state index in [1.165, 1.54) is 24.3 Å². The highest BCUT2D eigenvalue weighted by Gasteiger charge is 2.26. The van der Waals surface area contributed by atoms with Crippen LogP contribution in [0.3, 0.4) is 0 Å². The molecule has 0 saturated carbocycles. The first-order valence-corrected chi connectivity index (χ1v) is 11.6. The van der Waals surface area contributed by atoms with E-state index in [-0.39, 0.29) is 28.8 Å². The number of non-ortho nitro benzene ring substituents is 1. The second-order valence-electron chi connectivity index (χ2n) is 7.66. The minimum atomic E-state index is -0.708. The van der Waals surface area contributed by atoms with Crippen molar-refractivity contribution in [2.75, 3.05) is 6.61 Å². The van der Waals surface area contributed by atoms with E-state index in [4.69, 9.17) is 14.2 Å². The van der Waals surface area contributed by atoms with Crippen molar-refractivity contribution in [3.63, 3.8) is 0 Å². The number of halogens is 1. The van der Waals surface area contributed by atoms with Crippen LogP contribution < -0.4 is 9.47 Å². The van der Waals surface area contributed by atoms with Gasteiger partial charge in [0.1, 0.15) is 0 Å². The maximum absolute atomic E-state index is 12.6. The van der Waals surface area contributed by atoms with Crippen LogP contribution in [0.1, 0.15) is 34.0 Å². The number of rotatable bonds is 7. The van der Waals surface area contributed by atoms with E-state index in [9.17, 15) is 19.7 Å². The second kappa shape index (κ2) is 10.5. The van der Waals surface area contributed by atoms with Gasteiger partial charge in [0.05, 0.1) is 21.6 Å². The number of aryl methyl sites for hydroxylation is 1. The van der Waals surface area contributed by atoms with Gasteiger partial charge in [0.15, 0.2) is 17.2 Å². The Morgan fingerprint density at radius 1 is 1.17 bits per heavy atom. The summed E-state index contributed by atoms with van der Waals surface area (Å²) in [5.41, 5.74) is 2.08. The Kier molecular flexibility index (Phi) is 7.25. The van der Waals surface area contributed by atoms with Crippen LogP contribution in [-0.4, -0.2) is 29.4 Å². The van der Waals surface area contributed by atoms with Crippen LogP contribution in [0.25, 0.3) is 6.08 Å². The monoisotopic (exact) mass is 550 g/mol. The Morgan fingerprint density at radius 3 is 2.61 bits per heavy atom. The van der Waals surface area contributed by atoms with E-state index in [0.29, 0.717) is 27.8 Å². The van der Waals surface area contributed by atoms with Gasteiger partial charge < -0.3 is 14.2 Å². The van der Waals surface area contributed by atoms with Crippen LogP contribution in [0.5, 0.6) is 11.5 Å². The molecule has 0 unspecified atom stereocenters. The maximum Gasteiger partial charge on any atom is 0.363 e. The van der Waals surface area contributed by atoms with Crippen LogP contribution in [0, 0.1) is 17.0 Å². The zero-order valence-electron chi connectivity index (χ0n) is 19.2. The fraction of sp³-hybridized carbons (Fsp3) is 0.115. The number of benzene rings is 3. The van der Waals surface area contributed by atoms with Crippen LogP contribution in [0.4, 0.5) is 5.69 Å². The van der Waals surface area contributed by atoms with Gasteiger partial charge >= 0.3 is 11.9 Å². The normalized spacial score (nSPS) is 13.8. The number of nitro groups is 1. The van der Waals surface area contributed by atoms with Gasteiger partial charge in [0.25, 0.3) is 5.69 Å². The summed E-state index contributed by atoms with van der Waals surface area (Å²) in [6, 6.07) is 15.9. The van der Waals surface area contributed by atoms with Crippen LogP contribution in [0.2, 0.25) is 0 Å². The number of aliphatic imine (C=N–C) groups is 1. The van der Waals surface area contributed by atoms with Crippen LogP contribution >= 0.6 is 15.9 Å². The van der Waals surface area contributed by atoms with Crippen molar-refractivity contribution >= 4 is 45.5 Å². The van der Waals surface area contributed by atoms with Gasteiger partial charge in [-0.1, -0.05) is 23.8 Å². The first-order chi connectivity index (χ1) is 17.2. The van der Waals surface area contributed by atoms with E-state index in [1.807, 2.05) is 19.1 Å². The lowest BCUT2D eigenvalue weighted by atomic mass is 10.1. The van der Waals surface area contributed by atoms with Gasteiger partial charge in [-0.05, 0) is 71.7 Å². The molecule has 36 heavy (non-hydrogen) atoms. The summed E-state index contributed by atoms with van der Waals surface area (Å²) in [4.78, 5) is 39.8. The van der Waals surface area contributed by atoms with Crippen molar-refractivity contribution in [1.82, 2.24) is 0 Å². The largest absolute Gasteiger partial charge is 0.490 e. The lowest BCUT2D eigenvalue weighted by Gasteiger charge is -2.13. The quantitative estimate of drug-likeness (QED) is 0.123. The van der Waals surface area contributed by atoms with Gasteiger partial charge in [-0.25, -0.2) is 14.6 Å². The first kappa shape index (κ1) is 24.8. The minimum Gasteiger partial charge on any atom is -0.490 e. The summed E-state index contributed by atoms with van der Waals surface area (Å²) >= 11 is 3.41. The molecule has 1 aliphatic heterocycles. The molecule has 0 fully saturated rings. The van der Waals surface area contributed by atoms with Crippen LogP contribution in [0.15, 0.2) is 75.8 Å². The van der Waals surface area contributed by atoms with E-state index >= 15 is 0 Å². The molecule has 10 heteroatoms. The molecule has 0 aromatic heterocycles. The Labute approximate surface area is 214 Å². The predicted molar refractivity (Wildman–Crippen MR) is 135 cm³/mol. The molecule has 9 nitrogen and oxygen atoms in total. The Bertz CT molecular complexity index is 1430. The highest BCUT2D eigenvalue weighted by molar-refractivity contribution is 9.10. The molecule has 0 N–H and O–H groups in total. The first-order valence-electron chi connectivity index (χ1n) is 10.8. The minimum absolute atomic E-state index is 0.00439. The van der Waals surface area contributed by atoms with Crippen molar-refractivity contribution in [1.29, 1.82) is 0 Å². The number of hydrogen-bond acceptors (Lipinski definition) is 8. The molecule has 0 bridgehead atoms. The van der Waals surface area contributed by atoms with Gasteiger partial charge in [0, 0.05) is 17.7 Å². The zero-order valence-corrected chi connectivity index (χ0v) is 20.8. The lowest BCUT2D eigenvalue weighted by molar-refractivity contribution is -0.384. The zero-order chi connectivity index (χ0) is 25.8. The van der Waals surface area contributed by atoms with Crippen molar-refractivity contribution < 1.29 is 28.7 Å². The average molecular weight is 551 g/mol. The van der Waals surface area contributed by atoms with Gasteiger partial charge in [-0.3, -0.25) is 10.1 Å². The molecule has 0 atom stereocenters. The molecule has 1 heterocycles. The Hall–Kier alpha value is -4.31. The summed E-state index contributed by atoms with van der Waals surface area (Å²) < 4.78 is 16.9. The van der Waals surface area contributed by atoms with E-state index < -0.39 is 16.9 Å². The summed E-state index contributed by atoms with van der Waals surface area (Å²) in [6.45, 7) is 4.01. The fourth-order valence-electron chi connectivity index (χ4n) is 3.32. The number of nitro benzene ring substituents is 1. The number of cyclic esters (lactones) is 1. The summed E-state index contributed by atoms with van der Waals surface area (Å²) in [5, 5.41) is 11.0. The molecule has 1 aliphatic rings. The average Bonchev–Trinajstić information content (AvgIpc) is 3.22. The summed E-state index contributed by atoms with van der Waals surface area (Å²) in [5.74, 6) is -0.815. The molecular formula is C26H19BrN2O7. The lowest BCUT2D eigenvalue weighted by Crippen LogP contribution is -2.10. The third-order valence-electron chi connectivity index (χ3n) is 5.04. The number of esters is 2. The molecule has 0 saturated heterocycles. The Balaban J connectivity index is 1.64. The molecule has 0 aliphatic carbocycles. The highest BCUT2D eigenvalue weighted by Crippen LogP contribution is 2.38. The van der Waals surface area contributed by atoms with Crippen molar-refractivity contribution in [2.24, 2.45) is 4.99 Å². The van der Waals surface area contributed by atoms with Crippen molar-refractivity contribution in [3.8, 4) is 11.5 Å². The SMILES string of the molecule is CCOc1cc(/C=C2\N=C(c3cccc([N+](=O)[O-])c3)OC2=O)cc(Br)c1OC(=O)c1ccc(C)cc1. The number of hydrogen-bond donors (Lipinski definition) is 0. The topological polar surface area (TPSA) is 117 Å². The summed E-state index contributed by atoms with van der Waals surface area (Å²) in [6.07, 6.45) is 1.48. The fourth-order valence-corrected chi connectivity index (χ4v) is 3.86. The second-order valence-corrected chi connectivity index (χ2v) is 8.52. The van der Waals surface area contributed by atoms with Gasteiger partial charge in [0.2, 0.25) is 5.90 Å². The standard InChI is InChI=1S/C26H19BrN2O7/c1-3-34-22-13-16(11-20(27)23(22)35-25(30)17-9-7-15(2)8-10-17)12-21-26(31)36-24(28-21)18-5-4-6-19(14-18)29(32)33/h4-14H,3H2,1-2H3/b21-12-. The highest BCUT2D eigenvalue weighted by atomic mass is 79.9. The predicted octanol–water partition coefficient (Wildman–Crippen LogP) is 5.63. The third-order valence-corrected chi connectivity index (χ3v) is 5.63. The molecule has 4 rings (SSSR count). The molecule has 3 aromatic rings. The van der Waals surface area contributed by atoms with E-state index in [2.05, 4.69) is 20.9 Å². The third kappa shape index (κ3) is 5.49.